The van der Waals surface area contributed by atoms with Gasteiger partial charge in [-0.25, -0.2) is 9.59 Å². The van der Waals surface area contributed by atoms with Crippen LogP contribution in [0.4, 0.5) is 16.2 Å². The third-order valence-electron chi connectivity index (χ3n) is 4.98. The summed E-state index contributed by atoms with van der Waals surface area (Å²) in [5.41, 5.74) is 1.99. The van der Waals surface area contributed by atoms with Gasteiger partial charge < -0.3 is 24.8 Å². The SMILES string of the molecule is CC(C)(C)OC(=O)COc1ccc(NC(=O)CNc2ccc(C(=N)NC(=O)OCc3ccccc3)cc2)cc1. The smallest absolute Gasteiger partial charge is 0.413 e. The average Bonchev–Trinajstić information content (AvgIpc) is 2.90. The number of rotatable bonds is 10. The Morgan fingerprint density at radius 2 is 1.49 bits per heavy atom. The standard InChI is InChI=1S/C29H32N4O6/c1-29(2,3)39-26(35)19-37-24-15-13-23(14-16-24)32-25(34)17-31-22-11-9-21(10-12-22)27(30)33-28(36)38-18-20-7-5-4-6-8-20/h4-16,31H,17-19H2,1-3H3,(H,32,34)(H2,30,33,36). The molecule has 4 N–H and O–H groups in total. The molecule has 0 heterocycles. The fourth-order valence-corrected chi connectivity index (χ4v) is 3.22. The van der Waals surface area contributed by atoms with Gasteiger partial charge in [-0.05, 0) is 74.9 Å². The van der Waals surface area contributed by atoms with Crippen molar-refractivity contribution in [3.63, 3.8) is 0 Å². The molecule has 204 valence electrons. The number of amidine groups is 1. The molecule has 0 aromatic heterocycles. The van der Waals surface area contributed by atoms with Crippen molar-refractivity contribution in [2.45, 2.75) is 33.0 Å². The molecule has 0 fully saturated rings. The van der Waals surface area contributed by atoms with Crippen molar-refractivity contribution in [3.8, 4) is 5.75 Å². The van der Waals surface area contributed by atoms with Crippen molar-refractivity contribution in [1.29, 1.82) is 5.41 Å². The first kappa shape index (κ1) is 28.7. The molecule has 0 saturated carbocycles. The lowest BCUT2D eigenvalue weighted by Gasteiger charge is -2.19. The lowest BCUT2D eigenvalue weighted by atomic mass is 10.2. The maximum absolute atomic E-state index is 12.3. The quantitative estimate of drug-likeness (QED) is 0.168. The number of hydrogen-bond donors (Lipinski definition) is 4. The molecule has 0 unspecified atom stereocenters. The molecule has 0 spiro atoms. The second kappa shape index (κ2) is 13.6. The van der Waals surface area contributed by atoms with Gasteiger partial charge in [0.2, 0.25) is 5.91 Å². The lowest BCUT2D eigenvalue weighted by Crippen LogP contribution is -2.31. The largest absolute Gasteiger partial charge is 0.482 e. The van der Waals surface area contributed by atoms with Crippen LogP contribution in [0.15, 0.2) is 78.9 Å². The van der Waals surface area contributed by atoms with Gasteiger partial charge in [-0.1, -0.05) is 30.3 Å². The Bertz CT molecular complexity index is 1270. The fourth-order valence-electron chi connectivity index (χ4n) is 3.22. The fraction of sp³-hybridized carbons (Fsp3) is 0.241. The highest BCUT2D eigenvalue weighted by molar-refractivity contribution is 6.04. The monoisotopic (exact) mass is 532 g/mol. The number of carbonyl (C=O) groups is 3. The van der Waals surface area contributed by atoms with Gasteiger partial charge in [0.05, 0.1) is 6.54 Å². The first-order valence-electron chi connectivity index (χ1n) is 12.2. The summed E-state index contributed by atoms with van der Waals surface area (Å²) in [6.07, 6.45) is -0.717. The number of hydrogen-bond acceptors (Lipinski definition) is 8. The number of alkyl carbamates (subject to hydrolysis) is 1. The van der Waals surface area contributed by atoms with Crippen molar-refractivity contribution in [3.05, 3.63) is 90.0 Å². The van der Waals surface area contributed by atoms with Gasteiger partial charge in [0.15, 0.2) is 6.61 Å². The Morgan fingerprint density at radius 1 is 0.846 bits per heavy atom. The van der Waals surface area contributed by atoms with Crippen LogP contribution in [0.5, 0.6) is 5.75 Å². The minimum absolute atomic E-state index is 0.0117. The second-order valence-corrected chi connectivity index (χ2v) is 9.44. The Hall–Kier alpha value is -4.86. The summed E-state index contributed by atoms with van der Waals surface area (Å²) in [5.74, 6) is -0.358. The Labute approximate surface area is 227 Å². The van der Waals surface area contributed by atoms with Gasteiger partial charge >= 0.3 is 12.1 Å². The topological polar surface area (TPSA) is 139 Å². The zero-order chi connectivity index (χ0) is 28.3. The third-order valence-corrected chi connectivity index (χ3v) is 4.98. The van der Waals surface area contributed by atoms with Crippen LogP contribution in [0, 0.1) is 5.41 Å². The van der Waals surface area contributed by atoms with E-state index in [1.54, 1.807) is 69.3 Å². The first-order valence-corrected chi connectivity index (χ1v) is 12.2. The molecule has 3 aromatic carbocycles. The highest BCUT2D eigenvalue weighted by atomic mass is 16.6. The van der Waals surface area contributed by atoms with Crippen molar-refractivity contribution in [2.24, 2.45) is 0 Å². The van der Waals surface area contributed by atoms with Crippen LogP contribution in [-0.2, 0) is 25.7 Å². The van der Waals surface area contributed by atoms with Crippen molar-refractivity contribution in [2.75, 3.05) is 23.8 Å². The van der Waals surface area contributed by atoms with Crippen molar-refractivity contribution < 1.29 is 28.6 Å². The predicted molar refractivity (Wildman–Crippen MR) is 148 cm³/mol. The summed E-state index contributed by atoms with van der Waals surface area (Å²) in [7, 11) is 0. The van der Waals surface area contributed by atoms with E-state index in [0.29, 0.717) is 22.7 Å². The predicted octanol–water partition coefficient (Wildman–Crippen LogP) is 4.71. The number of carbonyl (C=O) groups excluding carboxylic acids is 3. The summed E-state index contributed by atoms with van der Waals surface area (Å²) in [6.45, 7) is 5.26. The second-order valence-electron chi connectivity index (χ2n) is 9.44. The Balaban J connectivity index is 1.38. The molecule has 10 heteroatoms. The van der Waals surface area contributed by atoms with Gasteiger partial charge in [-0.15, -0.1) is 0 Å². The zero-order valence-electron chi connectivity index (χ0n) is 22.1. The van der Waals surface area contributed by atoms with E-state index in [1.807, 2.05) is 30.3 Å². The Kier molecular flexibility index (Phi) is 10.0. The molecular weight excluding hydrogens is 500 g/mol. The minimum atomic E-state index is -0.717. The summed E-state index contributed by atoms with van der Waals surface area (Å²) >= 11 is 0. The zero-order valence-corrected chi connectivity index (χ0v) is 22.1. The molecule has 2 amide bonds. The van der Waals surface area contributed by atoms with Crippen LogP contribution in [-0.4, -0.2) is 42.6 Å². The number of ether oxygens (including phenoxy) is 3. The van der Waals surface area contributed by atoms with Gasteiger partial charge in [0.1, 0.15) is 23.8 Å². The molecule has 3 rings (SSSR count). The number of esters is 1. The maximum atomic E-state index is 12.3. The number of benzene rings is 3. The van der Waals surface area contributed by atoms with E-state index in [4.69, 9.17) is 19.6 Å². The van der Waals surface area contributed by atoms with E-state index in [2.05, 4.69) is 16.0 Å². The molecule has 0 atom stereocenters. The van der Waals surface area contributed by atoms with Crippen LogP contribution in [0.1, 0.15) is 31.9 Å². The molecule has 0 aliphatic carbocycles. The van der Waals surface area contributed by atoms with E-state index < -0.39 is 17.7 Å². The van der Waals surface area contributed by atoms with Crippen molar-refractivity contribution in [1.82, 2.24) is 5.32 Å². The lowest BCUT2D eigenvalue weighted by molar-refractivity contribution is -0.157. The van der Waals surface area contributed by atoms with Crippen LogP contribution in [0.3, 0.4) is 0 Å². The molecule has 0 aliphatic rings. The highest BCUT2D eigenvalue weighted by Crippen LogP contribution is 2.17. The number of amides is 2. The Morgan fingerprint density at radius 3 is 2.13 bits per heavy atom. The van der Waals surface area contributed by atoms with Gasteiger partial charge in [-0.2, -0.15) is 0 Å². The molecule has 0 bridgehead atoms. The third kappa shape index (κ3) is 10.6. The van der Waals surface area contributed by atoms with Gasteiger partial charge in [-0.3, -0.25) is 15.5 Å². The van der Waals surface area contributed by atoms with Crippen LogP contribution in [0.2, 0.25) is 0 Å². The molecular formula is C29H32N4O6. The van der Waals surface area contributed by atoms with E-state index >= 15 is 0 Å². The summed E-state index contributed by atoms with van der Waals surface area (Å²) < 4.78 is 15.7. The summed E-state index contributed by atoms with van der Waals surface area (Å²) in [4.78, 5) is 36.0. The number of nitrogens with one attached hydrogen (secondary N) is 4. The highest BCUT2D eigenvalue weighted by Gasteiger charge is 2.16. The molecule has 0 aliphatic heterocycles. The maximum Gasteiger partial charge on any atom is 0.413 e. The van der Waals surface area contributed by atoms with E-state index in [1.165, 1.54) is 0 Å². The molecule has 0 saturated heterocycles. The van der Waals surface area contributed by atoms with Gasteiger partial charge in [0.25, 0.3) is 0 Å². The summed E-state index contributed by atoms with van der Waals surface area (Å²) in [5, 5.41) is 16.2. The molecule has 3 aromatic rings. The normalized spacial score (nSPS) is 10.6. The minimum Gasteiger partial charge on any atom is -0.482 e. The number of anilines is 2. The molecule has 0 radical (unpaired) electrons. The van der Waals surface area contributed by atoms with Gasteiger partial charge in [0, 0.05) is 16.9 Å². The van der Waals surface area contributed by atoms with E-state index in [0.717, 1.165) is 5.56 Å². The van der Waals surface area contributed by atoms with Crippen LogP contribution in [0.25, 0.3) is 0 Å². The molecule has 10 nitrogen and oxygen atoms in total. The van der Waals surface area contributed by atoms with E-state index in [9.17, 15) is 14.4 Å². The average molecular weight is 533 g/mol. The summed E-state index contributed by atoms with van der Waals surface area (Å²) in [6, 6.07) is 22.6. The molecule has 39 heavy (non-hydrogen) atoms. The van der Waals surface area contributed by atoms with Crippen LogP contribution < -0.4 is 20.7 Å². The van der Waals surface area contributed by atoms with E-state index in [-0.39, 0.29) is 31.5 Å². The first-order chi connectivity index (χ1) is 18.6. The van der Waals surface area contributed by atoms with Crippen molar-refractivity contribution >= 4 is 35.2 Å². The van der Waals surface area contributed by atoms with Crippen LogP contribution >= 0.6 is 0 Å².